The number of hydrogen-bond acceptors (Lipinski definition) is 3. The topological polar surface area (TPSA) is 64.1 Å². The fraction of sp³-hybridized carbons (Fsp3) is 0.529. The molecule has 1 atom stereocenters. The molecule has 23 heavy (non-hydrogen) atoms. The number of carbonyl (C=O) groups is 2. The molecular formula is C17H25N3O3. The molecule has 1 unspecified atom stereocenters. The highest BCUT2D eigenvalue weighted by Crippen LogP contribution is 2.36. The van der Waals surface area contributed by atoms with E-state index in [0.717, 1.165) is 5.56 Å². The molecule has 0 saturated carbocycles. The minimum Gasteiger partial charge on any atom is -0.465 e. The molecule has 1 fully saturated rings. The lowest BCUT2D eigenvalue weighted by Crippen LogP contribution is -2.56. The minimum absolute atomic E-state index is 0.0303. The number of benzene rings is 1. The SMILES string of the molecule is CN(C)N(C)C(=O)C1(Cc2ccccc2)CCCN(C(=O)O)C1. The second kappa shape index (κ2) is 7.00. The first-order valence-electron chi connectivity index (χ1n) is 7.83. The van der Waals surface area contributed by atoms with Crippen LogP contribution in [0.2, 0.25) is 0 Å². The second-order valence-electron chi connectivity index (χ2n) is 6.43. The zero-order chi connectivity index (χ0) is 17.0. The molecular weight excluding hydrogens is 294 g/mol. The number of amides is 2. The number of carbonyl (C=O) groups excluding carboxylic acids is 1. The molecule has 2 amide bonds. The zero-order valence-corrected chi connectivity index (χ0v) is 14.0. The van der Waals surface area contributed by atoms with Crippen molar-refractivity contribution in [2.24, 2.45) is 5.41 Å². The van der Waals surface area contributed by atoms with Gasteiger partial charge in [0.1, 0.15) is 0 Å². The first-order valence-corrected chi connectivity index (χ1v) is 7.83. The van der Waals surface area contributed by atoms with Gasteiger partial charge in [-0.2, -0.15) is 0 Å². The number of rotatable bonds is 4. The van der Waals surface area contributed by atoms with E-state index >= 15 is 0 Å². The van der Waals surface area contributed by atoms with Crippen LogP contribution in [-0.4, -0.2) is 66.3 Å². The molecule has 1 heterocycles. The van der Waals surface area contributed by atoms with E-state index in [1.54, 1.807) is 17.1 Å². The molecule has 1 aliphatic heterocycles. The van der Waals surface area contributed by atoms with E-state index in [4.69, 9.17) is 0 Å². The minimum atomic E-state index is -0.956. The molecule has 1 aromatic carbocycles. The van der Waals surface area contributed by atoms with Gasteiger partial charge in [0, 0.05) is 34.2 Å². The van der Waals surface area contributed by atoms with Crippen LogP contribution >= 0.6 is 0 Å². The lowest BCUT2D eigenvalue weighted by molar-refractivity contribution is -0.156. The highest BCUT2D eigenvalue weighted by atomic mass is 16.4. The predicted molar refractivity (Wildman–Crippen MR) is 87.9 cm³/mol. The van der Waals surface area contributed by atoms with Crippen LogP contribution < -0.4 is 0 Å². The Balaban J connectivity index is 2.33. The van der Waals surface area contributed by atoms with Crippen LogP contribution in [0, 0.1) is 5.41 Å². The summed E-state index contributed by atoms with van der Waals surface area (Å²) in [6.45, 7) is 0.735. The summed E-state index contributed by atoms with van der Waals surface area (Å²) in [5, 5.41) is 12.7. The van der Waals surface area contributed by atoms with Crippen molar-refractivity contribution in [2.45, 2.75) is 19.3 Å². The van der Waals surface area contributed by atoms with Crippen molar-refractivity contribution in [3.63, 3.8) is 0 Å². The first-order chi connectivity index (χ1) is 10.9. The summed E-state index contributed by atoms with van der Waals surface area (Å²) in [6.07, 6.45) is 0.992. The summed E-state index contributed by atoms with van der Waals surface area (Å²) in [5.74, 6) is -0.0303. The predicted octanol–water partition coefficient (Wildman–Crippen LogP) is 1.92. The quantitative estimate of drug-likeness (QED) is 0.861. The maximum absolute atomic E-state index is 13.1. The summed E-state index contributed by atoms with van der Waals surface area (Å²) in [6, 6.07) is 9.81. The fourth-order valence-electron chi connectivity index (χ4n) is 3.20. The number of hydrogen-bond donors (Lipinski definition) is 1. The van der Waals surface area contributed by atoms with Crippen molar-refractivity contribution < 1.29 is 14.7 Å². The van der Waals surface area contributed by atoms with Gasteiger partial charge in [-0.3, -0.25) is 9.80 Å². The van der Waals surface area contributed by atoms with Crippen LogP contribution in [0.3, 0.4) is 0 Å². The van der Waals surface area contributed by atoms with Gasteiger partial charge in [0.15, 0.2) is 0 Å². The van der Waals surface area contributed by atoms with Crippen LogP contribution in [0.15, 0.2) is 30.3 Å². The number of hydrazine groups is 1. The van der Waals surface area contributed by atoms with Gasteiger partial charge in [0.25, 0.3) is 0 Å². The van der Waals surface area contributed by atoms with Crippen LogP contribution in [0.25, 0.3) is 0 Å². The number of likely N-dealkylation sites (tertiary alicyclic amines) is 1. The third-order valence-corrected chi connectivity index (χ3v) is 4.58. The van der Waals surface area contributed by atoms with Crippen molar-refractivity contribution in [1.29, 1.82) is 0 Å². The van der Waals surface area contributed by atoms with Gasteiger partial charge in [-0.25, -0.2) is 9.80 Å². The van der Waals surface area contributed by atoms with E-state index in [0.29, 0.717) is 25.8 Å². The number of nitrogens with zero attached hydrogens (tertiary/aromatic N) is 3. The Bertz CT molecular complexity index is 561. The van der Waals surface area contributed by atoms with Gasteiger partial charge in [-0.05, 0) is 24.8 Å². The smallest absolute Gasteiger partial charge is 0.407 e. The Hall–Kier alpha value is -2.08. The number of piperidine rings is 1. The van der Waals surface area contributed by atoms with Gasteiger partial charge in [0.05, 0.1) is 5.41 Å². The van der Waals surface area contributed by atoms with Gasteiger partial charge in [-0.15, -0.1) is 0 Å². The molecule has 0 spiro atoms. The molecule has 6 heteroatoms. The normalized spacial score (nSPS) is 21.3. The lowest BCUT2D eigenvalue weighted by atomic mass is 9.74. The molecule has 1 aromatic rings. The third-order valence-electron chi connectivity index (χ3n) is 4.58. The molecule has 0 bridgehead atoms. The fourth-order valence-corrected chi connectivity index (χ4v) is 3.20. The summed E-state index contributed by atoms with van der Waals surface area (Å²) in [5.41, 5.74) is 0.344. The van der Waals surface area contributed by atoms with E-state index in [-0.39, 0.29) is 12.5 Å². The summed E-state index contributed by atoms with van der Waals surface area (Å²) >= 11 is 0. The first kappa shape index (κ1) is 17.3. The van der Waals surface area contributed by atoms with E-state index in [9.17, 15) is 14.7 Å². The lowest BCUT2D eigenvalue weighted by Gasteiger charge is -2.43. The van der Waals surface area contributed by atoms with Gasteiger partial charge in [-0.1, -0.05) is 30.3 Å². The van der Waals surface area contributed by atoms with Gasteiger partial charge < -0.3 is 10.0 Å². The van der Waals surface area contributed by atoms with Crippen LogP contribution in [0.1, 0.15) is 18.4 Å². The summed E-state index contributed by atoms with van der Waals surface area (Å²) < 4.78 is 0. The van der Waals surface area contributed by atoms with E-state index < -0.39 is 11.5 Å². The molecule has 2 rings (SSSR count). The molecule has 126 valence electrons. The van der Waals surface area contributed by atoms with Crippen LogP contribution in [0.5, 0.6) is 0 Å². The maximum atomic E-state index is 13.1. The Labute approximate surface area is 137 Å². The van der Waals surface area contributed by atoms with Crippen LogP contribution in [0.4, 0.5) is 4.79 Å². The molecule has 0 aliphatic carbocycles. The summed E-state index contributed by atoms with van der Waals surface area (Å²) in [4.78, 5) is 25.9. The highest BCUT2D eigenvalue weighted by Gasteiger charge is 2.45. The van der Waals surface area contributed by atoms with Crippen molar-refractivity contribution >= 4 is 12.0 Å². The Morgan fingerprint density at radius 3 is 2.43 bits per heavy atom. The standard InChI is InChI=1S/C17H25N3O3/c1-18(2)19(3)15(21)17(12-14-8-5-4-6-9-14)10-7-11-20(13-17)16(22)23/h4-6,8-9H,7,10-13H2,1-3H3,(H,22,23). The molecule has 1 aliphatic rings. The largest absolute Gasteiger partial charge is 0.465 e. The van der Waals surface area contributed by atoms with Crippen molar-refractivity contribution in [1.82, 2.24) is 14.9 Å². The molecule has 1 saturated heterocycles. The van der Waals surface area contributed by atoms with E-state index in [1.807, 2.05) is 44.4 Å². The Morgan fingerprint density at radius 1 is 1.22 bits per heavy atom. The number of carboxylic acid groups (broad SMARTS) is 1. The average Bonchev–Trinajstić information content (AvgIpc) is 2.54. The van der Waals surface area contributed by atoms with Crippen LogP contribution in [-0.2, 0) is 11.2 Å². The van der Waals surface area contributed by atoms with Crippen molar-refractivity contribution in [3.8, 4) is 0 Å². The monoisotopic (exact) mass is 319 g/mol. The van der Waals surface area contributed by atoms with Gasteiger partial charge in [0.2, 0.25) is 5.91 Å². The molecule has 6 nitrogen and oxygen atoms in total. The highest BCUT2D eigenvalue weighted by molar-refractivity contribution is 5.83. The Morgan fingerprint density at radius 2 is 1.87 bits per heavy atom. The van der Waals surface area contributed by atoms with Crippen molar-refractivity contribution in [2.75, 3.05) is 34.2 Å². The molecule has 0 radical (unpaired) electrons. The zero-order valence-electron chi connectivity index (χ0n) is 14.0. The third kappa shape index (κ3) is 3.82. The van der Waals surface area contributed by atoms with Crippen molar-refractivity contribution in [3.05, 3.63) is 35.9 Å². The Kier molecular flexibility index (Phi) is 5.26. The second-order valence-corrected chi connectivity index (χ2v) is 6.43. The van der Waals surface area contributed by atoms with Gasteiger partial charge >= 0.3 is 6.09 Å². The van der Waals surface area contributed by atoms with E-state index in [1.165, 1.54) is 4.90 Å². The maximum Gasteiger partial charge on any atom is 0.407 e. The molecule has 0 aromatic heterocycles. The molecule has 1 N–H and O–H groups in total. The summed E-state index contributed by atoms with van der Waals surface area (Å²) in [7, 11) is 5.35. The average molecular weight is 319 g/mol. The van der Waals surface area contributed by atoms with E-state index in [2.05, 4.69) is 0 Å².